The van der Waals surface area contributed by atoms with E-state index in [0.29, 0.717) is 6.61 Å². The summed E-state index contributed by atoms with van der Waals surface area (Å²) in [7, 11) is 1.74. The number of carbonyl (C=O) groups excluding carboxylic acids is 1. The highest BCUT2D eigenvalue weighted by atomic mass is 16.5. The van der Waals surface area contributed by atoms with Crippen molar-refractivity contribution in [1.82, 2.24) is 5.32 Å². The van der Waals surface area contributed by atoms with Gasteiger partial charge in [-0.05, 0) is 32.4 Å². The summed E-state index contributed by atoms with van der Waals surface area (Å²) in [6.45, 7) is 2.18. The first-order valence-electron chi connectivity index (χ1n) is 4.93. The Bertz CT molecular complexity index is 256. The molecule has 0 saturated carbocycles. The average Bonchev–Trinajstić information content (AvgIpc) is 2.26. The Hall–Kier alpha value is -1.09. The van der Waals surface area contributed by atoms with Crippen LogP contribution in [0.15, 0.2) is 23.8 Å². The molecular formula is C11H17NO2. The van der Waals surface area contributed by atoms with Crippen LogP contribution in [0.2, 0.25) is 0 Å². The van der Waals surface area contributed by atoms with Crippen molar-refractivity contribution in [3.63, 3.8) is 0 Å². The minimum absolute atomic E-state index is 0.202. The summed E-state index contributed by atoms with van der Waals surface area (Å²) in [6.07, 6.45) is 8.36. The standard InChI is InChI=1S/C11H17NO2/c1-9(12-2)11(13)14-8-10-6-4-3-5-7-10/h4,6-7,9,12H,3,5,8H2,1-2H3. The van der Waals surface area contributed by atoms with Gasteiger partial charge in [0.25, 0.3) is 0 Å². The predicted molar refractivity (Wildman–Crippen MR) is 55.9 cm³/mol. The van der Waals surface area contributed by atoms with Crippen molar-refractivity contribution >= 4 is 5.97 Å². The molecule has 0 aromatic heterocycles. The van der Waals surface area contributed by atoms with Crippen molar-refractivity contribution < 1.29 is 9.53 Å². The maximum absolute atomic E-state index is 11.3. The molecule has 0 bridgehead atoms. The highest BCUT2D eigenvalue weighted by Crippen LogP contribution is 2.09. The second kappa shape index (κ2) is 5.60. The fourth-order valence-corrected chi connectivity index (χ4v) is 1.17. The van der Waals surface area contributed by atoms with E-state index < -0.39 is 0 Å². The predicted octanol–water partition coefficient (Wildman–Crippen LogP) is 1.41. The quantitative estimate of drug-likeness (QED) is 0.689. The topological polar surface area (TPSA) is 38.3 Å². The number of ether oxygens (including phenoxy) is 1. The third kappa shape index (κ3) is 3.34. The molecular weight excluding hydrogens is 178 g/mol. The first-order chi connectivity index (χ1) is 6.74. The van der Waals surface area contributed by atoms with Crippen LogP contribution in [0.25, 0.3) is 0 Å². The van der Waals surface area contributed by atoms with Gasteiger partial charge in [-0.2, -0.15) is 0 Å². The van der Waals surface area contributed by atoms with Crippen LogP contribution in [-0.4, -0.2) is 25.7 Å². The molecule has 0 radical (unpaired) electrons. The zero-order valence-corrected chi connectivity index (χ0v) is 8.75. The first-order valence-corrected chi connectivity index (χ1v) is 4.93. The van der Waals surface area contributed by atoms with Gasteiger partial charge in [-0.25, -0.2) is 0 Å². The molecule has 0 heterocycles. The van der Waals surface area contributed by atoms with Crippen LogP contribution in [0.3, 0.4) is 0 Å². The number of carbonyl (C=O) groups is 1. The van der Waals surface area contributed by atoms with Gasteiger partial charge in [0.05, 0.1) is 0 Å². The normalized spacial score (nSPS) is 17.4. The van der Waals surface area contributed by atoms with E-state index in [-0.39, 0.29) is 12.0 Å². The lowest BCUT2D eigenvalue weighted by Crippen LogP contribution is -2.32. The van der Waals surface area contributed by atoms with Crippen molar-refractivity contribution in [1.29, 1.82) is 0 Å². The zero-order chi connectivity index (χ0) is 10.4. The molecule has 3 nitrogen and oxygen atoms in total. The Labute approximate surface area is 84.8 Å². The maximum Gasteiger partial charge on any atom is 0.323 e. The Kier molecular flexibility index (Phi) is 4.40. The van der Waals surface area contributed by atoms with Crippen molar-refractivity contribution in [3.8, 4) is 0 Å². The molecule has 1 N–H and O–H groups in total. The molecule has 3 heteroatoms. The van der Waals surface area contributed by atoms with Crippen LogP contribution in [-0.2, 0) is 9.53 Å². The number of nitrogens with one attached hydrogen (secondary N) is 1. The highest BCUT2D eigenvalue weighted by Gasteiger charge is 2.11. The molecule has 0 aliphatic heterocycles. The lowest BCUT2D eigenvalue weighted by atomic mass is 10.1. The number of hydrogen-bond donors (Lipinski definition) is 1. The van der Waals surface area contributed by atoms with Gasteiger partial charge in [0.15, 0.2) is 0 Å². The summed E-state index contributed by atoms with van der Waals surface area (Å²) in [5.41, 5.74) is 1.09. The van der Waals surface area contributed by atoms with Gasteiger partial charge < -0.3 is 10.1 Å². The van der Waals surface area contributed by atoms with Crippen molar-refractivity contribution in [2.24, 2.45) is 0 Å². The number of hydrogen-bond acceptors (Lipinski definition) is 3. The van der Waals surface area contributed by atoms with E-state index in [1.165, 1.54) is 0 Å². The van der Waals surface area contributed by atoms with E-state index in [9.17, 15) is 4.79 Å². The minimum Gasteiger partial charge on any atom is -0.460 e. The molecule has 14 heavy (non-hydrogen) atoms. The number of likely N-dealkylation sites (N-methyl/N-ethyl adjacent to an activating group) is 1. The van der Waals surface area contributed by atoms with Crippen LogP contribution in [0.5, 0.6) is 0 Å². The second-order valence-electron chi connectivity index (χ2n) is 3.38. The van der Waals surface area contributed by atoms with E-state index in [0.717, 1.165) is 18.4 Å². The molecule has 78 valence electrons. The minimum atomic E-state index is -0.233. The SMILES string of the molecule is CNC(C)C(=O)OCC1=CCCC=C1. The molecule has 0 saturated heterocycles. The van der Waals surface area contributed by atoms with Crippen LogP contribution < -0.4 is 5.32 Å². The molecule has 1 rings (SSSR count). The van der Waals surface area contributed by atoms with E-state index in [1.807, 2.05) is 6.08 Å². The molecule has 1 unspecified atom stereocenters. The molecule has 0 amide bonds. The van der Waals surface area contributed by atoms with E-state index >= 15 is 0 Å². The summed E-state index contributed by atoms with van der Waals surface area (Å²) < 4.78 is 5.11. The maximum atomic E-state index is 11.3. The van der Waals surface area contributed by atoms with Gasteiger partial charge in [-0.1, -0.05) is 18.2 Å². The van der Waals surface area contributed by atoms with Crippen molar-refractivity contribution in [3.05, 3.63) is 23.8 Å². The summed E-state index contributed by atoms with van der Waals surface area (Å²) in [6, 6.07) is -0.233. The fraction of sp³-hybridized carbons (Fsp3) is 0.545. The molecule has 0 aromatic carbocycles. The molecule has 0 spiro atoms. The second-order valence-corrected chi connectivity index (χ2v) is 3.38. The molecule has 0 fully saturated rings. The third-order valence-corrected chi connectivity index (χ3v) is 2.24. The van der Waals surface area contributed by atoms with Crippen molar-refractivity contribution in [2.75, 3.05) is 13.7 Å². The van der Waals surface area contributed by atoms with E-state index in [2.05, 4.69) is 17.5 Å². The highest BCUT2D eigenvalue weighted by molar-refractivity contribution is 5.75. The van der Waals surface area contributed by atoms with Gasteiger partial charge in [-0.15, -0.1) is 0 Å². The Morgan fingerprint density at radius 3 is 3.00 bits per heavy atom. The van der Waals surface area contributed by atoms with Gasteiger partial charge >= 0.3 is 5.97 Å². The first kappa shape index (κ1) is 11.0. The van der Waals surface area contributed by atoms with Crippen LogP contribution in [0.4, 0.5) is 0 Å². The van der Waals surface area contributed by atoms with Gasteiger partial charge in [0.1, 0.15) is 12.6 Å². The monoisotopic (exact) mass is 195 g/mol. The number of esters is 1. The Morgan fingerprint density at radius 2 is 2.43 bits per heavy atom. The van der Waals surface area contributed by atoms with Crippen LogP contribution in [0.1, 0.15) is 19.8 Å². The van der Waals surface area contributed by atoms with Gasteiger partial charge in [-0.3, -0.25) is 4.79 Å². The van der Waals surface area contributed by atoms with E-state index in [1.54, 1.807) is 14.0 Å². The fourth-order valence-electron chi connectivity index (χ4n) is 1.17. The third-order valence-electron chi connectivity index (χ3n) is 2.24. The summed E-state index contributed by atoms with van der Waals surface area (Å²) in [4.78, 5) is 11.3. The van der Waals surface area contributed by atoms with Gasteiger partial charge in [0.2, 0.25) is 0 Å². The lowest BCUT2D eigenvalue weighted by Gasteiger charge is -2.11. The van der Waals surface area contributed by atoms with Crippen LogP contribution >= 0.6 is 0 Å². The molecule has 0 aromatic rings. The largest absolute Gasteiger partial charge is 0.460 e. The Balaban J connectivity index is 2.29. The lowest BCUT2D eigenvalue weighted by molar-refractivity contribution is -0.144. The number of rotatable bonds is 4. The smallest absolute Gasteiger partial charge is 0.323 e. The van der Waals surface area contributed by atoms with Gasteiger partial charge in [0, 0.05) is 0 Å². The molecule has 1 atom stereocenters. The summed E-state index contributed by atoms with van der Waals surface area (Å²) in [5, 5.41) is 2.84. The van der Waals surface area contributed by atoms with E-state index in [4.69, 9.17) is 4.74 Å². The summed E-state index contributed by atoms with van der Waals surface area (Å²) >= 11 is 0. The average molecular weight is 195 g/mol. The Morgan fingerprint density at radius 1 is 1.64 bits per heavy atom. The summed E-state index contributed by atoms with van der Waals surface area (Å²) in [5.74, 6) is -0.202. The zero-order valence-electron chi connectivity index (χ0n) is 8.75. The van der Waals surface area contributed by atoms with Crippen LogP contribution in [0, 0.1) is 0 Å². The molecule has 1 aliphatic carbocycles. The number of allylic oxidation sites excluding steroid dienone is 2. The van der Waals surface area contributed by atoms with Crippen molar-refractivity contribution in [2.45, 2.75) is 25.8 Å². The molecule has 1 aliphatic rings.